The highest BCUT2D eigenvalue weighted by Crippen LogP contribution is 2.53. The summed E-state index contributed by atoms with van der Waals surface area (Å²) in [5.41, 5.74) is 17.2. The predicted molar refractivity (Wildman–Crippen MR) is 164 cm³/mol. The van der Waals surface area contributed by atoms with Gasteiger partial charge in [0.05, 0.1) is 22.8 Å². The van der Waals surface area contributed by atoms with Crippen molar-refractivity contribution in [3.8, 4) is 0 Å². The Hall–Kier alpha value is -3.48. The highest BCUT2D eigenvalue weighted by Gasteiger charge is 2.37. The van der Waals surface area contributed by atoms with Crippen LogP contribution in [-0.4, -0.2) is 23.9 Å². The Labute approximate surface area is 244 Å². The van der Waals surface area contributed by atoms with E-state index in [2.05, 4.69) is 120 Å². The first-order chi connectivity index (χ1) is 19.5. The SMILES string of the molecule is CN1C(c2cc[n+](C)cc2)=C1c1ccc(SSc2ccc(C3=C(c4cc[n+](C)cc4)N3C)c3c2CC3)c2c1CC2. The zero-order valence-electron chi connectivity index (χ0n) is 23.4. The summed E-state index contributed by atoms with van der Waals surface area (Å²) in [5, 5.41) is 0. The van der Waals surface area contributed by atoms with Crippen LogP contribution in [0, 0.1) is 0 Å². The lowest BCUT2D eigenvalue weighted by Crippen LogP contribution is -2.25. The highest BCUT2D eigenvalue weighted by molar-refractivity contribution is 8.76. The molecule has 8 rings (SSSR count). The van der Waals surface area contributed by atoms with Crippen molar-refractivity contribution in [2.45, 2.75) is 35.5 Å². The fraction of sp³-hybridized carbons (Fsp3) is 0.235. The minimum atomic E-state index is 1.19. The largest absolute Gasteiger partial charge is 0.340 e. The molecule has 0 amide bonds. The zero-order valence-corrected chi connectivity index (χ0v) is 25.0. The van der Waals surface area contributed by atoms with Crippen molar-refractivity contribution >= 4 is 44.4 Å². The van der Waals surface area contributed by atoms with Crippen molar-refractivity contribution in [3.63, 3.8) is 0 Å². The second-order valence-electron chi connectivity index (χ2n) is 11.3. The third-order valence-electron chi connectivity index (χ3n) is 8.95. The number of pyridine rings is 2. The first kappa shape index (κ1) is 24.3. The van der Waals surface area contributed by atoms with E-state index in [1.54, 1.807) is 22.3 Å². The smallest absolute Gasteiger partial charge is 0.169 e. The number of nitrogens with zero attached hydrogens (tertiary/aromatic N) is 4. The van der Waals surface area contributed by atoms with E-state index in [0.717, 1.165) is 0 Å². The molecule has 2 aliphatic heterocycles. The van der Waals surface area contributed by atoms with E-state index in [4.69, 9.17) is 0 Å². The van der Waals surface area contributed by atoms with Gasteiger partial charge < -0.3 is 9.80 Å². The van der Waals surface area contributed by atoms with Crippen LogP contribution in [0.25, 0.3) is 22.8 Å². The van der Waals surface area contributed by atoms with Crippen LogP contribution >= 0.6 is 21.6 Å². The number of hydrogen-bond acceptors (Lipinski definition) is 4. The molecule has 2 aliphatic carbocycles. The number of fused-ring (bicyclic) bond motifs is 2. The van der Waals surface area contributed by atoms with Gasteiger partial charge in [0.15, 0.2) is 24.8 Å². The predicted octanol–water partition coefficient (Wildman–Crippen LogP) is 5.87. The number of rotatable bonds is 7. The van der Waals surface area contributed by atoms with Crippen LogP contribution in [0.15, 0.2) is 83.1 Å². The standard InChI is InChI=1S/C34H32N4S2/c1-35-17-13-21(14-18-35)31-33(37(31)3)27-9-11-29(25-7-5-23(25)27)39-40-30-12-10-28(24-6-8-26(24)30)34-32(38(34)4)22-15-19-36(2)20-16-22/h9-20H,5-8H2,1-4H3/q+2. The first-order valence-corrected chi connectivity index (χ1v) is 16.2. The second kappa shape index (κ2) is 9.02. The molecule has 0 fully saturated rings. The monoisotopic (exact) mass is 560 g/mol. The zero-order chi connectivity index (χ0) is 27.1. The molecule has 0 atom stereocenters. The molecular weight excluding hydrogens is 529 g/mol. The molecule has 40 heavy (non-hydrogen) atoms. The molecule has 0 N–H and O–H groups in total. The summed E-state index contributed by atoms with van der Waals surface area (Å²) in [7, 11) is 12.4. The lowest BCUT2D eigenvalue weighted by atomic mass is 9.84. The molecule has 0 bridgehead atoms. The Kier molecular flexibility index (Phi) is 5.48. The number of benzene rings is 2. The molecule has 4 aromatic rings. The van der Waals surface area contributed by atoms with Crippen LogP contribution < -0.4 is 9.13 Å². The first-order valence-electron chi connectivity index (χ1n) is 14.0. The summed E-state index contributed by atoms with van der Waals surface area (Å²) in [6.07, 6.45) is 13.3. The molecule has 6 heteroatoms. The van der Waals surface area contributed by atoms with Crippen LogP contribution in [0.3, 0.4) is 0 Å². The van der Waals surface area contributed by atoms with Gasteiger partial charge in [0, 0.05) is 70.4 Å². The molecule has 4 heterocycles. The maximum absolute atomic E-state index is 2.37. The Morgan fingerprint density at radius 3 is 1.23 bits per heavy atom. The van der Waals surface area contributed by atoms with Gasteiger partial charge in [-0.2, -0.15) is 0 Å². The molecule has 0 saturated heterocycles. The molecular formula is C34H32N4S2+2. The molecule has 2 aromatic carbocycles. The van der Waals surface area contributed by atoms with Gasteiger partial charge in [0.1, 0.15) is 14.1 Å². The van der Waals surface area contributed by atoms with Gasteiger partial charge in [-0.3, -0.25) is 0 Å². The highest BCUT2D eigenvalue weighted by atomic mass is 33.1. The van der Waals surface area contributed by atoms with Gasteiger partial charge in [-0.1, -0.05) is 33.7 Å². The molecule has 198 valence electrons. The maximum atomic E-state index is 2.37. The summed E-state index contributed by atoms with van der Waals surface area (Å²) in [5.74, 6) is 0. The Balaban J connectivity index is 1.03. The Morgan fingerprint density at radius 2 is 0.875 bits per heavy atom. The molecule has 2 aromatic heterocycles. The Morgan fingerprint density at radius 1 is 0.500 bits per heavy atom. The fourth-order valence-electron chi connectivity index (χ4n) is 6.38. The third-order valence-corrected chi connectivity index (χ3v) is 11.5. The van der Waals surface area contributed by atoms with Gasteiger partial charge in [-0.05, 0) is 60.1 Å². The van der Waals surface area contributed by atoms with Crippen LogP contribution in [-0.2, 0) is 39.8 Å². The Bertz CT molecular complexity index is 1650. The summed E-state index contributed by atoms with van der Waals surface area (Å²) in [4.78, 5) is 7.58. The van der Waals surface area contributed by atoms with Crippen molar-refractivity contribution < 1.29 is 9.13 Å². The van der Waals surface area contributed by atoms with Crippen LogP contribution in [0.4, 0.5) is 0 Å². The lowest BCUT2D eigenvalue weighted by molar-refractivity contribution is -0.671. The number of hydrogen-bond donors (Lipinski definition) is 0. The van der Waals surface area contributed by atoms with E-state index < -0.39 is 0 Å². The topological polar surface area (TPSA) is 13.8 Å². The van der Waals surface area contributed by atoms with E-state index in [1.165, 1.54) is 80.5 Å². The van der Waals surface area contributed by atoms with Gasteiger partial charge >= 0.3 is 0 Å². The molecule has 0 unspecified atom stereocenters. The normalized spacial score (nSPS) is 16.5. The van der Waals surface area contributed by atoms with Crippen molar-refractivity contribution in [1.82, 2.24) is 9.80 Å². The fourth-order valence-corrected chi connectivity index (χ4v) is 8.94. The summed E-state index contributed by atoms with van der Waals surface area (Å²) < 4.78 is 4.18. The van der Waals surface area contributed by atoms with Crippen LogP contribution in [0.5, 0.6) is 0 Å². The van der Waals surface area contributed by atoms with Crippen LogP contribution in [0.1, 0.15) is 44.5 Å². The molecule has 4 nitrogen and oxygen atoms in total. The van der Waals surface area contributed by atoms with Crippen molar-refractivity contribution in [2.75, 3.05) is 14.1 Å². The third kappa shape index (κ3) is 3.76. The molecule has 4 aliphatic rings. The summed E-state index contributed by atoms with van der Waals surface area (Å²) in [6, 6.07) is 18.3. The van der Waals surface area contributed by atoms with Gasteiger partial charge in [-0.25, -0.2) is 9.13 Å². The van der Waals surface area contributed by atoms with E-state index in [0.29, 0.717) is 0 Å². The average Bonchev–Trinajstić information content (AvgIpc) is 3.78. The summed E-state index contributed by atoms with van der Waals surface area (Å²) in [6.45, 7) is 0. The minimum absolute atomic E-state index is 1.19. The van der Waals surface area contributed by atoms with E-state index in [1.807, 2.05) is 21.6 Å². The lowest BCUT2D eigenvalue weighted by Gasteiger charge is -2.27. The second-order valence-corrected chi connectivity index (χ2v) is 13.5. The van der Waals surface area contributed by atoms with Gasteiger partial charge in [0.2, 0.25) is 0 Å². The average molecular weight is 561 g/mol. The van der Waals surface area contributed by atoms with Gasteiger partial charge in [0.25, 0.3) is 0 Å². The molecule has 0 spiro atoms. The summed E-state index contributed by atoms with van der Waals surface area (Å²) >= 11 is 0. The van der Waals surface area contributed by atoms with Crippen molar-refractivity contribution in [3.05, 3.63) is 118 Å². The number of aromatic nitrogens is 2. The quantitative estimate of drug-likeness (QED) is 0.207. The van der Waals surface area contributed by atoms with Crippen molar-refractivity contribution in [2.24, 2.45) is 14.1 Å². The number of aryl methyl sites for hydroxylation is 2. The molecule has 0 saturated carbocycles. The van der Waals surface area contributed by atoms with E-state index >= 15 is 0 Å². The van der Waals surface area contributed by atoms with Crippen molar-refractivity contribution in [1.29, 1.82) is 0 Å². The van der Waals surface area contributed by atoms with E-state index in [-0.39, 0.29) is 0 Å². The van der Waals surface area contributed by atoms with E-state index in [9.17, 15) is 0 Å². The van der Waals surface area contributed by atoms with Gasteiger partial charge in [-0.15, -0.1) is 0 Å². The molecule has 0 radical (unpaired) electrons. The maximum Gasteiger partial charge on any atom is 0.169 e. The minimum Gasteiger partial charge on any atom is -0.340 e. The van der Waals surface area contributed by atoms with Crippen LogP contribution in [0.2, 0.25) is 0 Å².